The van der Waals surface area contributed by atoms with Crippen molar-refractivity contribution in [3.05, 3.63) is 65.5 Å². The lowest BCUT2D eigenvalue weighted by Crippen LogP contribution is -2.58. The molecule has 0 bridgehead atoms. The van der Waals surface area contributed by atoms with Crippen molar-refractivity contribution in [3.8, 4) is 0 Å². The number of benzene rings is 2. The monoisotopic (exact) mass is 459 g/mol. The fourth-order valence-electron chi connectivity index (χ4n) is 4.38. The molecule has 0 atom stereocenters. The maximum atomic E-state index is 13.1. The molecule has 7 nitrogen and oxygen atoms in total. The second-order valence-corrected chi connectivity index (χ2v) is 10.2. The van der Waals surface area contributed by atoms with Gasteiger partial charge in [-0.05, 0) is 49.1 Å². The third-order valence-electron chi connectivity index (χ3n) is 6.20. The number of aryl methyl sites for hydroxylation is 1. The first-order valence-corrected chi connectivity index (χ1v) is 12.1. The van der Waals surface area contributed by atoms with Crippen molar-refractivity contribution in [2.75, 3.05) is 26.2 Å². The van der Waals surface area contributed by atoms with E-state index in [-0.39, 0.29) is 18.4 Å². The minimum atomic E-state index is -3.59. The number of piperazine rings is 1. The second kappa shape index (κ2) is 8.99. The van der Waals surface area contributed by atoms with E-state index in [0.717, 1.165) is 5.56 Å². The lowest BCUT2D eigenvalue weighted by Gasteiger charge is -2.41. The molecule has 0 saturated carbocycles. The minimum absolute atomic E-state index is 0.164. The lowest BCUT2D eigenvalue weighted by molar-refractivity contribution is -0.158. The smallest absolute Gasteiger partial charge is 0.312 e. The molecule has 2 saturated heterocycles. The quantitative estimate of drug-likeness (QED) is 0.642. The number of piperidine rings is 1. The molecule has 0 aliphatic carbocycles. The summed E-state index contributed by atoms with van der Waals surface area (Å²) in [5.74, 6) is -1.48. The summed E-state index contributed by atoms with van der Waals surface area (Å²) < 4.78 is 40.6. The minimum Gasteiger partial charge on any atom is -0.330 e. The SMILES string of the molecule is Cc1ccccc1S(=O)(=O)N1CCC(N2CCN(Cc3ccc(F)cc3)C(=O)C2=O)CC1. The fourth-order valence-corrected chi connectivity index (χ4v) is 6.07. The first-order valence-electron chi connectivity index (χ1n) is 10.7. The number of hydrogen-bond donors (Lipinski definition) is 0. The van der Waals surface area contributed by atoms with Crippen molar-refractivity contribution in [1.29, 1.82) is 0 Å². The molecule has 0 spiro atoms. The number of sulfonamides is 1. The number of halogens is 1. The standard InChI is InChI=1S/C23H26FN3O4S/c1-17-4-2-3-5-21(17)32(30,31)26-12-10-20(11-13-26)27-15-14-25(22(28)23(27)29)16-18-6-8-19(24)9-7-18/h2-9,20H,10-16H2,1H3. The zero-order valence-corrected chi connectivity index (χ0v) is 18.7. The van der Waals surface area contributed by atoms with Gasteiger partial charge in [-0.1, -0.05) is 30.3 Å². The molecule has 0 radical (unpaired) electrons. The van der Waals surface area contributed by atoms with Crippen molar-refractivity contribution in [2.45, 2.75) is 37.2 Å². The Morgan fingerprint density at radius 1 is 0.906 bits per heavy atom. The van der Waals surface area contributed by atoms with E-state index in [0.29, 0.717) is 49.5 Å². The maximum absolute atomic E-state index is 13.1. The summed E-state index contributed by atoms with van der Waals surface area (Å²) in [6, 6.07) is 12.6. The van der Waals surface area contributed by atoms with Gasteiger partial charge in [0.15, 0.2) is 0 Å². The highest BCUT2D eigenvalue weighted by atomic mass is 32.2. The topological polar surface area (TPSA) is 78.0 Å². The molecule has 2 aliphatic rings. The summed E-state index contributed by atoms with van der Waals surface area (Å²) in [5.41, 5.74) is 1.46. The Labute approximate surface area is 187 Å². The molecule has 2 fully saturated rings. The van der Waals surface area contributed by atoms with E-state index in [1.807, 2.05) is 0 Å². The van der Waals surface area contributed by atoms with Gasteiger partial charge in [-0.25, -0.2) is 12.8 Å². The van der Waals surface area contributed by atoms with Crippen molar-refractivity contribution in [2.24, 2.45) is 0 Å². The van der Waals surface area contributed by atoms with Crippen LogP contribution < -0.4 is 0 Å². The largest absolute Gasteiger partial charge is 0.330 e. The Kier molecular flexibility index (Phi) is 6.30. The highest BCUT2D eigenvalue weighted by Crippen LogP contribution is 2.26. The molecule has 2 aliphatic heterocycles. The zero-order chi connectivity index (χ0) is 22.9. The number of hydrogen-bond acceptors (Lipinski definition) is 4. The third kappa shape index (κ3) is 4.40. The number of amides is 2. The Hall–Kier alpha value is -2.78. The van der Waals surface area contributed by atoms with Crippen LogP contribution in [0, 0.1) is 12.7 Å². The Bertz CT molecular complexity index is 1110. The van der Waals surface area contributed by atoms with E-state index in [2.05, 4.69) is 0 Å². The Morgan fingerprint density at radius 2 is 1.56 bits per heavy atom. The molecule has 2 aromatic carbocycles. The lowest BCUT2D eigenvalue weighted by atomic mass is 10.0. The molecule has 0 N–H and O–H groups in total. The third-order valence-corrected chi connectivity index (χ3v) is 8.26. The van der Waals surface area contributed by atoms with Crippen LogP contribution in [0.25, 0.3) is 0 Å². The maximum Gasteiger partial charge on any atom is 0.312 e. The van der Waals surface area contributed by atoms with Gasteiger partial charge in [-0.3, -0.25) is 9.59 Å². The summed E-state index contributed by atoms with van der Waals surface area (Å²) in [7, 11) is -3.59. The van der Waals surface area contributed by atoms with Gasteiger partial charge >= 0.3 is 11.8 Å². The van der Waals surface area contributed by atoms with Crippen LogP contribution in [-0.2, 0) is 26.2 Å². The fraction of sp³-hybridized carbons (Fsp3) is 0.391. The molecule has 170 valence electrons. The summed E-state index contributed by atoms with van der Waals surface area (Å²) in [6.07, 6.45) is 0.976. The number of rotatable bonds is 5. The number of carbonyl (C=O) groups is 2. The average Bonchev–Trinajstić information content (AvgIpc) is 2.79. The van der Waals surface area contributed by atoms with Gasteiger partial charge in [0.25, 0.3) is 0 Å². The summed E-state index contributed by atoms with van der Waals surface area (Å²) >= 11 is 0. The van der Waals surface area contributed by atoms with E-state index in [9.17, 15) is 22.4 Å². The molecule has 0 unspecified atom stereocenters. The van der Waals surface area contributed by atoms with E-state index in [1.165, 1.54) is 21.3 Å². The van der Waals surface area contributed by atoms with Crippen LogP contribution in [0.2, 0.25) is 0 Å². The molecular formula is C23H26FN3O4S. The van der Waals surface area contributed by atoms with E-state index in [1.54, 1.807) is 48.2 Å². The number of nitrogens with zero attached hydrogens (tertiary/aromatic N) is 3. The highest BCUT2D eigenvalue weighted by Gasteiger charge is 2.39. The highest BCUT2D eigenvalue weighted by molar-refractivity contribution is 7.89. The predicted octanol–water partition coefficient (Wildman–Crippen LogP) is 2.16. The van der Waals surface area contributed by atoms with Gasteiger partial charge in [-0.15, -0.1) is 0 Å². The van der Waals surface area contributed by atoms with Crippen molar-refractivity contribution >= 4 is 21.8 Å². The first-order chi connectivity index (χ1) is 15.3. The van der Waals surface area contributed by atoms with E-state index in [4.69, 9.17) is 0 Å². The van der Waals surface area contributed by atoms with Gasteiger partial charge in [0.2, 0.25) is 10.0 Å². The van der Waals surface area contributed by atoms with E-state index < -0.39 is 21.8 Å². The Balaban J connectivity index is 1.37. The molecule has 2 amide bonds. The van der Waals surface area contributed by atoms with Crippen LogP contribution in [0.5, 0.6) is 0 Å². The van der Waals surface area contributed by atoms with Crippen LogP contribution in [0.15, 0.2) is 53.4 Å². The predicted molar refractivity (Wildman–Crippen MR) is 116 cm³/mol. The first kappa shape index (κ1) is 22.4. The van der Waals surface area contributed by atoms with Gasteiger partial charge in [0.05, 0.1) is 4.90 Å². The van der Waals surface area contributed by atoms with Crippen LogP contribution in [-0.4, -0.2) is 66.6 Å². The van der Waals surface area contributed by atoms with Crippen molar-refractivity contribution < 1.29 is 22.4 Å². The van der Waals surface area contributed by atoms with Gasteiger partial charge in [0.1, 0.15) is 5.82 Å². The van der Waals surface area contributed by atoms with Gasteiger partial charge < -0.3 is 9.80 Å². The van der Waals surface area contributed by atoms with Crippen LogP contribution in [0.4, 0.5) is 4.39 Å². The van der Waals surface area contributed by atoms with Crippen LogP contribution in [0.3, 0.4) is 0 Å². The molecule has 32 heavy (non-hydrogen) atoms. The zero-order valence-electron chi connectivity index (χ0n) is 17.9. The molecule has 2 aromatic rings. The average molecular weight is 460 g/mol. The van der Waals surface area contributed by atoms with Crippen molar-refractivity contribution in [3.63, 3.8) is 0 Å². The molecule has 9 heteroatoms. The van der Waals surface area contributed by atoms with Crippen molar-refractivity contribution in [1.82, 2.24) is 14.1 Å². The normalized spacial score (nSPS) is 18.9. The second-order valence-electron chi connectivity index (χ2n) is 8.25. The van der Waals surface area contributed by atoms with Gasteiger partial charge in [-0.2, -0.15) is 4.31 Å². The van der Waals surface area contributed by atoms with Crippen LogP contribution in [0.1, 0.15) is 24.0 Å². The summed E-state index contributed by atoms with van der Waals surface area (Å²) in [5, 5.41) is 0. The molecular weight excluding hydrogens is 433 g/mol. The number of carbonyl (C=O) groups excluding carboxylic acids is 2. The van der Waals surface area contributed by atoms with Crippen LogP contribution >= 0.6 is 0 Å². The van der Waals surface area contributed by atoms with Gasteiger partial charge in [0, 0.05) is 38.8 Å². The molecule has 2 heterocycles. The summed E-state index contributed by atoms with van der Waals surface area (Å²) in [4.78, 5) is 28.8. The summed E-state index contributed by atoms with van der Waals surface area (Å²) in [6.45, 7) is 3.43. The molecule has 0 aromatic heterocycles. The molecule has 4 rings (SSSR count). The Morgan fingerprint density at radius 3 is 2.22 bits per heavy atom. The van der Waals surface area contributed by atoms with E-state index >= 15 is 0 Å².